The number of hydrogen-bond donors (Lipinski definition) is 1. The lowest BCUT2D eigenvalue weighted by molar-refractivity contribution is -0.113. The summed E-state index contributed by atoms with van der Waals surface area (Å²) >= 11 is 0. The van der Waals surface area contributed by atoms with Gasteiger partial charge < -0.3 is 14.6 Å². The Morgan fingerprint density at radius 2 is 2.14 bits per heavy atom. The van der Waals surface area contributed by atoms with Gasteiger partial charge in [-0.1, -0.05) is 6.58 Å². The van der Waals surface area contributed by atoms with Gasteiger partial charge in [0.2, 0.25) is 0 Å². The molecule has 0 bridgehead atoms. The Labute approximate surface area is 83.1 Å². The van der Waals surface area contributed by atoms with Crippen LogP contribution in [0.2, 0.25) is 0 Å². The summed E-state index contributed by atoms with van der Waals surface area (Å²) in [5.41, 5.74) is 0.187. The molecule has 0 aliphatic heterocycles. The van der Waals surface area contributed by atoms with Crippen LogP contribution in [-0.2, 0) is 14.3 Å². The summed E-state index contributed by atoms with van der Waals surface area (Å²) < 4.78 is 9.59. The molecule has 78 valence electrons. The summed E-state index contributed by atoms with van der Waals surface area (Å²) in [6.45, 7) is 5.00. The zero-order valence-corrected chi connectivity index (χ0v) is 8.32. The molecule has 0 aliphatic rings. The van der Waals surface area contributed by atoms with Crippen molar-refractivity contribution < 1.29 is 19.4 Å². The highest BCUT2D eigenvalue weighted by Crippen LogP contribution is 2.02. The fourth-order valence-electron chi connectivity index (χ4n) is 0.617. The third-order valence-corrected chi connectivity index (χ3v) is 1.36. The van der Waals surface area contributed by atoms with E-state index in [-0.39, 0.29) is 18.1 Å². The van der Waals surface area contributed by atoms with Crippen LogP contribution in [0.3, 0.4) is 0 Å². The van der Waals surface area contributed by atoms with E-state index >= 15 is 0 Å². The van der Waals surface area contributed by atoms with Crippen molar-refractivity contribution in [2.75, 3.05) is 13.9 Å². The Balaban J connectivity index is 4.15. The molecular weight excluding hydrogens is 184 g/mol. The van der Waals surface area contributed by atoms with Crippen molar-refractivity contribution in [2.24, 2.45) is 0 Å². The van der Waals surface area contributed by atoms with Crippen molar-refractivity contribution in [3.8, 4) is 0 Å². The average molecular weight is 198 g/mol. The highest BCUT2D eigenvalue weighted by atomic mass is 16.7. The van der Waals surface area contributed by atoms with E-state index in [2.05, 4.69) is 11.3 Å². The van der Waals surface area contributed by atoms with Crippen LogP contribution < -0.4 is 0 Å². The van der Waals surface area contributed by atoms with Crippen LogP contribution in [0.25, 0.3) is 0 Å². The number of carbonyl (C=O) groups excluding carboxylic acids is 1. The number of methoxy groups -OCH3 is 1. The van der Waals surface area contributed by atoms with Gasteiger partial charge >= 0.3 is 0 Å². The molecule has 0 fully saturated rings. The summed E-state index contributed by atoms with van der Waals surface area (Å²) in [7, 11) is 1.49. The Morgan fingerprint density at radius 3 is 2.57 bits per heavy atom. The second-order valence-electron chi connectivity index (χ2n) is 2.49. The van der Waals surface area contributed by atoms with Gasteiger partial charge in [0, 0.05) is 7.11 Å². The van der Waals surface area contributed by atoms with Gasteiger partial charge in [-0.2, -0.15) is 0 Å². The van der Waals surface area contributed by atoms with E-state index in [1.807, 2.05) is 0 Å². The Kier molecular flexibility index (Phi) is 6.15. The van der Waals surface area contributed by atoms with Gasteiger partial charge in [0.25, 0.3) is 0 Å². The first-order chi connectivity index (χ1) is 6.61. The standard InChI is InChI=1S/C10H14O4/c1-8(14-7-13-3)4-5-10(6-11)9(2)12/h4-6,11H,1,7H2,2-3H3/b5-4-,10-6?. The average Bonchev–Trinajstić information content (AvgIpc) is 2.15. The van der Waals surface area contributed by atoms with E-state index in [0.717, 1.165) is 6.26 Å². The van der Waals surface area contributed by atoms with E-state index < -0.39 is 0 Å². The van der Waals surface area contributed by atoms with Crippen LogP contribution in [0.15, 0.2) is 36.3 Å². The minimum atomic E-state index is -0.233. The Hall–Kier alpha value is -1.55. The van der Waals surface area contributed by atoms with Crippen molar-refractivity contribution in [1.82, 2.24) is 0 Å². The Morgan fingerprint density at radius 1 is 1.50 bits per heavy atom. The van der Waals surface area contributed by atoms with Gasteiger partial charge in [-0.15, -0.1) is 0 Å². The maximum atomic E-state index is 10.8. The molecule has 0 heterocycles. The lowest BCUT2D eigenvalue weighted by atomic mass is 10.2. The summed E-state index contributed by atoms with van der Waals surface area (Å²) in [5.74, 6) is 0.121. The zero-order chi connectivity index (χ0) is 11.0. The zero-order valence-electron chi connectivity index (χ0n) is 8.32. The predicted molar refractivity (Wildman–Crippen MR) is 52.6 cm³/mol. The van der Waals surface area contributed by atoms with Gasteiger partial charge in [0.1, 0.15) is 5.76 Å². The number of allylic oxidation sites excluding steroid dienone is 3. The van der Waals surface area contributed by atoms with Crippen molar-refractivity contribution in [3.63, 3.8) is 0 Å². The van der Waals surface area contributed by atoms with Crippen LogP contribution >= 0.6 is 0 Å². The van der Waals surface area contributed by atoms with Crippen molar-refractivity contribution in [2.45, 2.75) is 6.92 Å². The maximum absolute atomic E-state index is 10.8. The number of ether oxygens (including phenoxy) is 2. The van der Waals surface area contributed by atoms with Crippen LogP contribution in [0, 0.1) is 0 Å². The molecule has 0 amide bonds. The quantitative estimate of drug-likeness (QED) is 0.305. The minimum Gasteiger partial charge on any atom is -0.515 e. The normalized spacial score (nSPS) is 11.7. The minimum absolute atomic E-state index is 0.0986. The molecule has 0 aliphatic carbocycles. The summed E-state index contributed by atoms with van der Waals surface area (Å²) in [6, 6.07) is 0. The van der Waals surface area contributed by atoms with Gasteiger partial charge in [-0.05, 0) is 19.1 Å². The summed E-state index contributed by atoms with van der Waals surface area (Å²) in [4.78, 5) is 10.8. The van der Waals surface area contributed by atoms with Crippen LogP contribution in [0.4, 0.5) is 0 Å². The van der Waals surface area contributed by atoms with Gasteiger partial charge in [0.05, 0.1) is 11.8 Å². The second-order valence-corrected chi connectivity index (χ2v) is 2.49. The smallest absolute Gasteiger partial charge is 0.188 e. The number of rotatable bonds is 6. The van der Waals surface area contributed by atoms with Crippen molar-refractivity contribution in [3.05, 3.63) is 36.3 Å². The molecule has 0 radical (unpaired) electrons. The molecule has 0 aromatic rings. The largest absolute Gasteiger partial charge is 0.515 e. The van der Waals surface area contributed by atoms with Crippen LogP contribution in [0.5, 0.6) is 0 Å². The second kappa shape index (κ2) is 6.91. The third-order valence-electron chi connectivity index (χ3n) is 1.36. The number of carbonyl (C=O) groups is 1. The molecule has 0 saturated heterocycles. The highest BCUT2D eigenvalue weighted by molar-refractivity contribution is 5.95. The summed E-state index contributed by atoms with van der Waals surface area (Å²) in [6.07, 6.45) is 3.63. The third kappa shape index (κ3) is 5.16. The first kappa shape index (κ1) is 12.4. The van der Waals surface area contributed by atoms with Crippen molar-refractivity contribution in [1.29, 1.82) is 0 Å². The fraction of sp³-hybridized carbons (Fsp3) is 0.300. The van der Waals surface area contributed by atoms with Gasteiger partial charge in [-0.3, -0.25) is 4.79 Å². The van der Waals surface area contributed by atoms with E-state index in [9.17, 15) is 4.79 Å². The van der Waals surface area contributed by atoms with E-state index in [0.29, 0.717) is 5.76 Å². The number of aliphatic hydroxyl groups excluding tert-OH is 1. The molecule has 0 rings (SSSR count). The lowest BCUT2D eigenvalue weighted by Crippen LogP contribution is -1.95. The van der Waals surface area contributed by atoms with Gasteiger partial charge in [0.15, 0.2) is 12.6 Å². The first-order valence-corrected chi connectivity index (χ1v) is 3.95. The molecule has 0 saturated carbocycles. The molecule has 0 atom stereocenters. The predicted octanol–water partition coefficient (Wildman–Crippen LogP) is 1.71. The molecule has 0 aromatic carbocycles. The topological polar surface area (TPSA) is 55.8 Å². The number of hydrogen-bond acceptors (Lipinski definition) is 4. The van der Waals surface area contributed by atoms with Crippen molar-refractivity contribution >= 4 is 5.78 Å². The Bertz CT molecular complexity index is 263. The molecule has 4 nitrogen and oxygen atoms in total. The number of ketones is 1. The first-order valence-electron chi connectivity index (χ1n) is 3.95. The number of aliphatic hydroxyl groups is 1. The van der Waals surface area contributed by atoms with Crippen LogP contribution in [-0.4, -0.2) is 24.8 Å². The van der Waals surface area contributed by atoms with E-state index in [4.69, 9.17) is 9.84 Å². The molecule has 4 heteroatoms. The monoisotopic (exact) mass is 198 g/mol. The SMILES string of the molecule is C=C(/C=C\C(=CO)C(C)=O)OCOC. The van der Waals surface area contributed by atoms with E-state index in [1.54, 1.807) is 0 Å². The van der Waals surface area contributed by atoms with E-state index in [1.165, 1.54) is 26.2 Å². The number of Topliss-reactive ketones (excluding diaryl/α,β-unsaturated/α-hetero) is 1. The molecule has 0 spiro atoms. The fourth-order valence-corrected chi connectivity index (χ4v) is 0.617. The van der Waals surface area contributed by atoms with Crippen LogP contribution in [0.1, 0.15) is 6.92 Å². The lowest BCUT2D eigenvalue weighted by Gasteiger charge is -2.02. The molecule has 0 aromatic heterocycles. The highest BCUT2D eigenvalue weighted by Gasteiger charge is 1.98. The molecule has 14 heavy (non-hydrogen) atoms. The summed E-state index contributed by atoms with van der Waals surface area (Å²) in [5, 5.41) is 8.66. The molecular formula is C10H14O4. The maximum Gasteiger partial charge on any atom is 0.188 e. The van der Waals surface area contributed by atoms with Gasteiger partial charge in [-0.25, -0.2) is 0 Å². The molecule has 0 unspecified atom stereocenters. The molecule has 1 N–H and O–H groups in total.